The predicted octanol–water partition coefficient (Wildman–Crippen LogP) is 12.2. The Morgan fingerprint density at radius 1 is 0.432 bits per heavy atom. The molecule has 0 bridgehead atoms. The Kier molecular flexibility index (Phi) is 42.6. The van der Waals surface area contributed by atoms with E-state index in [0.717, 1.165) is 142 Å². The third-order valence-corrected chi connectivity index (χ3v) is 13.6. The zero-order chi connectivity index (χ0) is 54.4. The fourth-order valence-corrected chi connectivity index (χ4v) is 8.84. The Morgan fingerprint density at radius 3 is 1.15 bits per heavy atom. The molecule has 0 aromatic rings. The van der Waals surface area contributed by atoms with E-state index < -0.39 is 42.0 Å². The number of hydrogen-bond donors (Lipinski definition) is 0. The number of carbonyl (C=O) groups excluding carboxylic acids is 7. The van der Waals surface area contributed by atoms with E-state index in [1.54, 1.807) is 0 Å². The van der Waals surface area contributed by atoms with Crippen molar-refractivity contribution in [3.63, 3.8) is 0 Å². The Bertz CT molecular complexity index is 1430. The van der Waals surface area contributed by atoms with E-state index in [4.69, 9.17) is 33.2 Å². The second-order valence-electron chi connectivity index (χ2n) is 20.4. The van der Waals surface area contributed by atoms with Crippen molar-refractivity contribution in [2.45, 2.75) is 253 Å². The topological polar surface area (TPSA) is 191 Å². The summed E-state index contributed by atoms with van der Waals surface area (Å²) in [4.78, 5) is 95.1. The number of hydrogen-bond acceptors (Lipinski definition) is 15. The summed E-state index contributed by atoms with van der Waals surface area (Å²) in [6.45, 7) is 14.1. The molecular weight excluding hydrogens is 949 g/mol. The van der Waals surface area contributed by atoms with Crippen LogP contribution in [0.4, 0.5) is 4.79 Å². The maximum Gasteiger partial charge on any atom is 0.410 e. The van der Waals surface area contributed by atoms with Gasteiger partial charge in [-0.2, -0.15) is 0 Å². The maximum absolute atomic E-state index is 13.6. The lowest BCUT2D eigenvalue weighted by molar-refractivity contribution is -0.157. The Balaban J connectivity index is 3.07. The van der Waals surface area contributed by atoms with Crippen molar-refractivity contribution in [1.29, 1.82) is 0 Å². The quantitative estimate of drug-likeness (QED) is 0.0317. The lowest BCUT2D eigenvalue weighted by Gasteiger charge is -2.25. The molecule has 1 aliphatic heterocycles. The number of rotatable bonds is 48. The van der Waals surface area contributed by atoms with Gasteiger partial charge in [-0.1, -0.05) is 170 Å². The van der Waals surface area contributed by atoms with Crippen molar-refractivity contribution < 1.29 is 66.7 Å². The molecule has 0 radical (unpaired) electrons. The van der Waals surface area contributed by atoms with Gasteiger partial charge < -0.3 is 38.1 Å². The Hall–Kier alpha value is -3.95. The average molecular weight is 1050 g/mol. The molecular formula is C58H104N2O14. The van der Waals surface area contributed by atoms with Crippen molar-refractivity contribution in [3.05, 3.63) is 0 Å². The van der Waals surface area contributed by atoms with E-state index in [1.165, 1.54) is 4.90 Å². The monoisotopic (exact) mass is 1050 g/mol. The molecule has 1 saturated heterocycles. The van der Waals surface area contributed by atoms with E-state index in [1.807, 2.05) is 13.8 Å². The molecule has 16 heteroatoms. The second kappa shape index (κ2) is 46.4. The van der Waals surface area contributed by atoms with Gasteiger partial charge >= 0.3 is 41.9 Å². The minimum absolute atomic E-state index is 0.0189. The molecule has 0 N–H and O–H groups in total. The number of likely N-dealkylation sites (tertiary alicyclic amines) is 1. The normalized spacial score (nSPS) is 14.4. The van der Waals surface area contributed by atoms with Crippen molar-refractivity contribution >= 4 is 41.9 Å². The summed E-state index contributed by atoms with van der Waals surface area (Å²) < 4.78 is 39.7. The zero-order valence-electron chi connectivity index (χ0n) is 47.4. The fourth-order valence-electron chi connectivity index (χ4n) is 8.84. The van der Waals surface area contributed by atoms with Crippen LogP contribution in [-0.4, -0.2) is 130 Å². The van der Waals surface area contributed by atoms with Crippen LogP contribution in [0.2, 0.25) is 0 Å². The van der Waals surface area contributed by atoms with Crippen LogP contribution in [0.1, 0.15) is 241 Å². The van der Waals surface area contributed by atoms with E-state index in [2.05, 4.69) is 32.6 Å². The van der Waals surface area contributed by atoms with Crippen molar-refractivity contribution in [3.8, 4) is 0 Å². The molecule has 1 aliphatic rings. The third-order valence-electron chi connectivity index (χ3n) is 13.6. The Morgan fingerprint density at radius 2 is 0.784 bits per heavy atom. The smallest absolute Gasteiger partial charge is 0.410 e. The second-order valence-corrected chi connectivity index (χ2v) is 20.4. The number of amides is 1. The van der Waals surface area contributed by atoms with E-state index in [0.29, 0.717) is 32.2 Å². The molecule has 74 heavy (non-hydrogen) atoms. The molecule has 0 aliphatic carbocycles. The van der Waals surface area contributed by atoms with Gasteiger partial charge in [0.25, 0.3) is 0 Å². The highest BCUT2D eigenvalue weighted by molar-refractivity contribution is 5.73. The number of carbonyl (C=O) groups is 7. The van der Waals surface area contributed by atoms with Crippen LogP contribution in [-0.2, 0) is 61.9 Å². The molecule has 2 atom stereocenters. The van der Waals surface area contributed by atoms with E-state index in [9.17, 15) is 33.6 Å². The standard InChI is InChI=1S/C58H104N2O14/c1-7-13-17-21-25-29-33-52(61)69-43-48(44-70-53(62)34-30-26-22-18-14-8-2)39-56(65)73-47-50-41-51(42-60(50)58(67)68-38-37-59(11-5)12-6)74-57(66)40-49(45-71-54(63)35-31-27-23-19-15-9-3)46-72-55(64)36-32-28-24-20-16-10-4/h48-51H,7-47H2,1-6H3/t50-,51+/m1/s1. The highest BCUT2D eigenvalue weighted by Gasteiger charge is 2.39. The molecule has 1 heterocycles. The molecule has 430 valence electrons. The SMILES string of the molecule is CCCCCCCCC(=O)OCC(COC(=O)CCCCCCCC)CC(=O)OC[C@H]1C[C@H](OC(=O)CC(COC(=O)CCCCCCCC)COC(=O)CCCCCCCC)CN1C(=O)OCCN(CC)CC. The van der Waals surface area contributed by atoms with Gasteiger partial charge in [0.05, 0.1) is 51.9 Å². The summed E-state index contributed by atoms with van der Waals surface area (Å²) in [6.07, 6.45) is 23.8. The van der Waals surface area contributed by atoms with Gasteiger partial charge in [0.15, 0.2) is 0 Å². The summed E-state index contributed by atoms with van der Waals surface area (Å²) in [5, 5.41) is 0. The lowest BCUT2D eigenvalue weighted by Crippen LogP contribution is -2.40. The maximum atomic E-state index is 13.6. The van der Waals surface area contributed by atoms with Crippen LogP contribution in [0.15, 0.2) is 0 Å². The van der Waals surface area contributed by atoms with Gasteiger partial charge in [0.2, 0.25) is 0 Å². The highest BCUT2D eigenvalue weighted by Crippen LogP contribution is 2.24. The largest absolute Gasteiger partial charge is 0.465 e. The number of likely N-dealkylation sites (N-methyl/N-ethyl adjacent to an activating group) is 1. The van der Waals surface area contributed by atoms with Gasteiger partial charge in [-0.05, 0) is 38.8 Å². The summed E-state index contributed by atoms with van der Waals surface area (Å²) in [7, 11) is 0. The molecule has 0 spiro atoms. The Labute approximate surface area is 447 Å². The molecule has 0 saturated carbocycles. The van der Waals surface area contributed by atoms with E-state index >= 15 is 0 Å². The molecule has 16 nitrogen and oxygen atoms in total. The summed E-state index contributed by atoms with van der Waals surface area (Å²) in [5.74, 6) is -4.06. The molecule has 1 rings (SSSR count). The zero-order valence-corrected chi connectivity index (χ0v) is 47.4. The van der Waals surface area contributed by atoms with Gasteiger partial charge in [0, 0.05) is 50.5 Å². The van der Waals surface area contributed by atoms with Gasteiger partial charge in [-0.25, -0.2) is 4.79 Å². The third kappa shape index (κ3) is 36.9. The van der Waals surface area contributed by atoms with Crippen LogP contribution >= 0.6 is 0 Å². The van der Waals surface area contributed by atoms with Crippen molar-refractivity contribution in [1.82, 2.24) is 9.80 Å². The highest BCUT2D eigenvalue weighted by atomic mass is 16.6. The van der Waals surface area contributed by atoms with Crippen LogP contribution in [0.5, 0.6) is 0 Å². The van der Waals surface area contributed by atoms with Crippen LogP contribution < -0.4 is 0 Å². The predicted molar refractivity (Wildman–Crippen MR) is 287 cm³/mol. The first kappa shape index (κ1) is 68.1. The van der Waals surface area contributed by atoms with Crippen LogP contribution in [0.3, 0.4) is 0 Å². The van der Waals surface area contributed by atoms with E-state index in [-0.39, 0.29) is 115 Å². The van der Waals surface area contributed by atoms with Crippen molar-refractivity contribution in [2.75, 3.05) is 65.8 Å². The molecule has 1 amide bonds. The molecule has 1 fully saturated rings. The minimum Gasteiger partial charge on any atom is -0.465 e. The first-order valence-corrected chi connectivity index (χ1v) is 29.5. The molecule has 0 aromatic heterocycles. The van der Waals surface area contributed by atoms with Gasteiger partial charge in [0.1, 0.15) is 19.3 Å². The van der Waals surface area contributed by atoms with Crippen LogP contribution in [0, 0.1) is 11.8 Å². The number of nitrogens with zero attached hydrogens (tertiary/aromatic N) is 2. The average Bonchev–Trinajstić information content (AvgIpc) is 3.80. The van der Waals surface area contributed by atoms with Gasteiger partial charge in [-0.15, -0.1) is 0 Å². The lowest BCUT2D eigenvalue weighted by atomic mass is 10.1. The summed E-state index contributed by atoms with van der Waals surface area (Å²) >= 11 is 0. The van der Waals surface area contributed by atoms with Gasteiger partial charge in [-0.3, -0.25) is 33.7 Å². The molecule has 0 aromatic carbocycles. The summed E-state index contributed by atoms with van der Waals surface area (Å²) in [6, 6.07) is -0.705. The number of unbranched alkanes of at least 4 members (excludes halogenated alkanes) is 20. The first-order valence-electron chi connectivity index (χ1n) is 29.5. The summed E-state index contributed by atoms with van der Waals surface area (Å²) in [5.41, 5.74) is 0. The minimum atomic E-state index is -0.780. The number of ether oxygens (including phenoxy) is 7. The molecule has 0 unspecified atom stereocenters. The van der Waals surface area contributed by atoms with Crippen molar-refractivity contribution in [2.24, 2.45) is 11.8 Å². The number of esters is 6. The first-order chi connectivity index (χ1) is 35.9. The fraction of sp³-hybridized carbons (Fsp3) is 0.879. The van der Waals surface area contributed by atoms with Crippen LogP contribution in [0.25, 0.3) is 0 Å².